The summed E-state index contributed by atoms with van der Waals surface area (Å²) in [5.41, 5.74) is 1.56. The Bertz CT molecular complexity index is 354. The molecule has 1 unspecified atom stereocenters. The van der Waals surface area contributed by atoms with Crippen LogP contribution in [-0.2, 0) is 0 Å². The molecule has 2 heteroatoms. The first-order chi connectivity index (χ1) is 7.59. The average Bonchev–Trinajstić information content (AvgIpc) is 2.13. The van der Waals surface area contributed by atoms with Crippen LogP contribution in [0.3, 0.4) is 0 Å². The molecule has 0 radical (unpaired) electrons. The Labute approximate surface area is 119 Å². The molecule has 1 nitrogen and oxygen atoms in total. The van der Waals surface area contributed by atoms with Crippen molar-refractivity contribution in [3.8, 4) is 5.75 Å². The molecular formula is C15H23IO. The van der Waals surface area contributed by atoms with Crippen molar-refractivity contribution in [3.05, 3.63) is 29.8 Å². The summed E-state index contributed by atoms with van der Waals surface area (Å²) in [6, 6.07) is 7.67. The van der Waals surface area contributed by atoms with Gasteiger partial charge in [0.25, 0.3) is 0 Å². The maximum absolute atomic E-state index is 9.37. The van der Waals surface area contributed by atoms with Crippen molar-refractivity contribution in [2.75, 3.05) is 0 Å². The molecule has 96 valence electrons. The summed E-state index contributed by atoms with van der Waals surface area (Å²) in [7, 11) is 0. The lowest BCUT2D eigenvalue weighted by Gasteiger charge is -2.35. The first-order valence-corrected chi connectivity index (χ1v) is 7.15. The molecule has 0 bridgehead atoms. The highest BCUT2D eigenvalue weighted by Crippen LogP contribution is 2.43. The van der Waals surface area contributed by atoms with Crippen molar-refractivity contribution < 1.29 is 5.11 Å². The van der Waals surface area contributed by atoms with Gasteiger partial charge in [-0.2, -0.15) is 0 Å². The number of hydrogen-bond acceptors (Lipinski definition) is 1. The highest BCUT2D eigenvalue weighted by atomic mass is 127. The van der Waals surface area contributed by atoms with Crippen molar-refractivity contribution in [1.82, 2.24) is 0 Å². The molecule has 0 aliphatic rings. The summed E-state index contributed by atoms with van der Waals surface area (Å²) in [4.78, 5) is 0. The molecule has 0 fully saturated rings. The van der Waals surface area contributed by atoms with Crippen LogP contribution in [0.1, 0.15) is 52.5 Å². The van der Waals surface area contributed by atoms with Gasteiger partial charge in [-0.15, -0.1) is 0 Å². The number of phenols is 1. The lowest BCUT2D eigenvalue weighted by molar-refractivity contribution is 0.292. The molecule has 0 spiro atoms. The molecule has 0 aromatic heterocycles. The maximum Gasteiger partial charge on any atom is 0.115 e. The van der Waals surface area contributed by atoms with Crippen LogP contribution >= 0.6 is 22.6 Å². The zero-order valence-electron chi connectivity index (χ0n) is 11.4. The Hall–Kier alpha value is -0.250. The number of halogens is 1. The summed E-state index contributed by atoms with van der Waals surface area (Å²) >= 11 is 2.52. The van der Waals surface area contributed by atoms with Crippen LogP contribution in [-0.4, -0.2) is 8.53 Å². The largest absolute Gasteiger partial charge is 0.508 e. The van der Waals surface area contributed by atoms with Gasteiger partial charge in [0, 0.05) is 3.42 Å². The van der Waals surface area contributed by atoms with Gasteiger partial charge in [0.05, 0.1) is 0 Å². The van der Waals surface area contributed by atoms with Crippen LogP contribution in [0.4, 0.5) is 0 Å². The predicted octanol–water partition coefficient (Wildman–Crippen LogP) is 5.13. The fraction of sp³-hybridized carbons (Fsp3) is 0.600. The van der Waals surface area contributed by atoms with E-state index in [1.807, 2.05) is 12.1 Å². The van der Waals surface area contributed by atoms with Gasteiger partial charge < -0.3 is 5.11 Å². The number of benzene rings is 1. The Kier molecular flexibility index (Phi) is 4.50. The lowest BCUT2D eigenvalue weighted by Crippen LogP contribution is -2.25. The second-order valence-corrected chi connectivity index (χ2v) is 9.35. The second kappa shape index (κ2) is 5.17. The Morgan fingerprint density at radius 3 is 1.88 bits per heavy atom. The van der Waals surface area contributed by atoms with E-state index < -0.39 is 0 Å². The van der Waals surface area contributed by atoms with E-state index in [0.717, 1.165) is 6.42 Å². The molecule has 0 aliphatic carbocycles. The molecule has 0 saturated carbocycles. The van der Waals surface area contributed by atoms with Crippen LogP contribution in [0.15, 0.2) is 24.3 Å². The smallest absolute Gasteiger partial charge is 0.115 e. The first-order valence-electron chi connectivity index (χ1n) is 6.07. The number of aromatic hydroxyl groups is 1. The molecule has 0 aliphatic heterocycles. The van der Waals surface area contributed by atoms with E-state index in [9.17, 15) is 5.11 Å². The Morgan fingerprint density at radius 2 is 1.53 bits per heavy atom. The minimum atomic E-state index is 0.236. The number of phenolic OH excluding ortho intramolecular Hbond substituents is 1. The highest BCUT2D eigenvalue weighted by molar-refractivity contribution is 14.1. The third-order valence-electron chi connectivity index (χ3n) is 3.03. The standard InChI is InChI=1S/C15H23IO/c1-14(2,3)13(10-15(4,5)16)11-6-8-12(17)9-7-11/h6-9,13,17H,10H2,1-5H3. The van der Waals surface area contributed by atoms with E-state index in [4.69, 9.17) is 0 Å². The SMILES string of the molecule is CC(C)(I)CC(c1ccc(O)cc1)C(C)(C)C. The van der Waals surface area contributed by atoms with Gasteiger partial charge in [0.15, 0.2) is 0 Å². The van der Waals surface area contributed by atoms with E-state index in [0.29, 0.717) is 11.7 Å². The molecule has 1 N–H and O–H groups in total. The van der Waals surface area contributed by atoms with Crippen molar-refractivity contribution >= 4 is 22.6 Å². The highest BCUT2D eigenvalue weighted by Gasteiger charge is 2.30. The van der Waals surface area contributed by atoms with E-state index in [1.54, 1.807) is 12.1 Å². The van der Waals surface area contributed by atoms with Gasteiger partial charge >= 0.3 is 0 Å². The molecule has 0 saturated heterocycles. The van der Waals surface area contributed by atoms with E-state index in [2.05, 4.69) is 57.2 Å². The predicted molar refractivity (Wildman–Crippen MR) is 83.0 cm³/mol. The van der Waals surface area contributed by atoms with Crippen molar-refractivity contribution in [2.24, 2.45) is 5.41 Å². The monoisotopic (exact) mass is 346 g/mol. The second-order valence-electron chi connectivity index (χ2n) is 6.43. The molecule has 17 heavy (non-hydrogen) atoms. The first kappa shape index (κ1) is 14.8. The van der Waals surface area contributed by atoms with Crippen molar-refractivity contribution in [2.45, 2.75) is 50.4 Å². The molecule has 0 heterocycles. The van der Waals surface area contributed by atoms with Gasteiger partial charge in [0.2, 0.25) is 0 Å². The summed E-state index contributed by atoms with van der Waals surface area (Å²) in [5, 5.41) is 9.37. The van der Waals surface area contributed by atoms with E-state index >= 15 is 0 Å². The summed E-state index contributed by atoms with van der Waals surface area (Å²) in [5.74, 6) is 0.852. The summed E-state index contributed by atoms with van der Waals surface area (Å²) in [6.45, 7) is 11.4. The van der Waals surface area contributed by atoms with Gasteiger partial charge in [-0.1, -0.05) is 69.3 Å². The minimum Gasteiger partial charge on any atom is -0.508 e. The Balaban J connectivity index is 3.03. The lowest BCUT2D eigenvalue weighted by atomic mass is 9.72. The number of hydrogen-bond donors (Lipinski definition) is 1. The van der Waals surface area contributed by atoms with Crippen molar-refractivity contribution in [3.63, 3.8) is 0 Å². The summed E-state index contributed by atoms with van der Waals surface area (Å²) < 4.78 is 0.285. The van der Waals surface area contributed by atoms with Crippen LogP contribution in [0, 0.1) is 5.41 Å². The van der Waals surface area contributed by atoms with Crippen LogP contribution in [0.25, 0.3) is 0 Å². The van der Waals surface area contributed by atoms with Crippen LogP contribution < -0.4 is 0 Å². The molecule has 0 amide bonds. The van der Waals surface area contributed by atoms with Gasteiger partial charge in [-0.3, -0.25) is 0 Å². The van der Waals surface area contributed by atoms with Gasteiger partial charge in [-0.25, -0.2) is 0 Å². The van der Waals surface area contributed by atoms with E-state index in [1.165, 1.54) is 5.56 Å². The molecule has 1 aromatic carbocycles. The van der Waals surface area contributed by atoms with Gasteiger partial charge in [-0.05, 0) is 35.4 Å². The number of rotatable bonds is 3. The molecule has 1 aromatic rings. The zero-order valence-corrected chi connectivity index (χ0v) is 13.6. The number of alkyl halides is 1. The molecular weight excluding hydrogens is 323 g/mol. The van der Waals surface area contributed by atoms with Crippen LogP contribution in [0.5, 0.6) is 5.75 Å². The zero-order chi connectivity index (χ0) is 13.3. The maximum atomic E-state index is 9.37. The fourth-order valence-corrected chi connectivity index (χ4v) is 2.56. The third-order valence-corrected chi connectivity index (χ3v) is 3.47. The minimum absolute atomic E-state index is 0.236. The average molecular weight is 346 g/mol. The normalized spacial score (nSPS) is 14.7. The molecule has 1 rings (SSSR count). The van der Waals surface area contributed by atoms with Crippen LogP contribution in [0.2, 0.25) is 0 Å². The van der Waals surface area contributed by atoms with Gasteiger partial charge in [0.1, 0.15) is 5.75 Å². The Morgan fingerprint density at radius 1 is 1.06 bits per heavy atom. The topological polar surface area (TPSA) is 20.2 Å². The van der Waals surface area contributed by atoms with E-state index in [-0.39, 0.29) is 8.84 Å². The fourth-order valence-electron chi connectivity index (χ4n) is 2.12. The quantitative estimate of drug-likeness (QED) is 0.595. The van der Waals surface area contributed by atoms with Crippen molar-refractivity contribution in [1.29, 1.82) is 0 Å². The third kappa shape index (κ3) is 4.86. The molecule has 1 atom stereocenters. The summed E-state index contributed by atoms with van der Waals surface area (Å²) in [6.07, 6.45) is 1.14.